The molecule has 4 atom stereocenters. The molecular weight excluding hydrogens is 408 g/mol. The van der Waals surface area contributed by atoms with Crippen molar-refractivity contribution in [3.63, 3.8) is 0 Å². The summed E-state index contributed by atoms with van der Waals surface area (Å²) < 4.78 is 10.7. The standard InChI is InChI=1S/C25H28N2O5/c1-4-32-25(30)21-20-18-12-8-9-13-19(18)26(14-15-31-3)24(29)23(20)27(16(2)28)22(21)17-10-6-5-7-11-17/h5-13,20-23H,4,14-15H2,1-3H3/t20-,21-,22-,23+/m1/s1. The molecule has 7 heteroatoms. The van der Waals surface area contributed by atoms with Crippen molar-refractivity contribution >= 4 is 23.5 Å². The summed E-state index contributed by atoms with van der Waals surface area (Å²) in [6.45, 7) is 4.16. The quantitative estimate of drug-likeness (QED) is 0.651. The van der Waals surface area contributed by atoms with Gasteiger partial charge in [0.15, 0.2) is 0 Å². The van der Waals surface area contributed by atoms with Gasteiger partial charge in [-0.2, -0.15) is 0 Å². The molecule has 0 aliphatic carbocycles. The lowest BCUT2D eigenvalue weighted by Crippen LogP contribution is -2.53. The van der Waals surface area contributed by atoms with Crippen molar-refractivity contribution in [1.29, 1.82) is 0 Å². The number of para-hydroxylation sites is 1. The summed E-state index contributed by atoms with van der Waals surface area (Å²) in [6.07, 6.45) is 0. The van der Waals surface area contributed by atoms with Crippen molar-refractivity contribution in [2.75, 3.05) is 31.8 Å². The average molecular weight is 437 g/mol. The first-order chi connectivity index (χ1) is 15.5. The van der Waals surface area contributed by atoms with Crippen LogP contribution in [0.4, 0.5) is 5.69 Å². The molecule has 4 rings (SSSR count). The molecule has 168 valence electrons. The van der Waals surface area contributed by atoms with Gasteiger partial charge in [0.05, 0.1) is 25.2 Å². The smallest absolute Gasteiger partial charge is 0.312 e. The lowest BCUT2D eigenvalue weighted by Gasteiger charge is -2.39. The number of methoxy groups -OCH3 is 1. The van der Waals surface area contributed by atoms with Crippen LogP contribution in [0, 0.1) is 5.92 Å². The first-order valence-corrected chi connectivity index (χ1v) is 10.9. The molecule has 2 heterocycles. The molecule has 0 unspecified atom stereocenters. The van der Waals surface area contributed by atoms with E-state index in [0.29, 0.717) is 13.2 Å². The Bertz CT molecular complexity index is 1010. The number of carbonyl (C=O) groups excluding carboxylic acids is 3. The molecule has 0 saturated carbocycles. The molecule has 0 bridgehead atoms. The zero-order valence-corrected chi connectivity index (χ0v) is 18.6. The fourth-order valence-corrected chi connectivity index (χ4v) is 5.18. The summed E-state index contributed by atoms with van der Waals surface area (Å²) in [5.74, 6) is -2.03. The average Bonchev–Trinajstić information content (AvgIpc) is 3.17. The second kappa shape index (κ2) is 9.12. The molecule has 7 nitrogen and oxygen atoms in total. The molecule has 2 aliphatic heterocycles. The van der Waals surface area contributed by atoms with Gasteiger partial charge in [-0.1, -0.05) is 48.5 Å². The Balaban J connectivity index is 1.93. The van der Waals surface area contributed by atoms with E-state index in [4.69, 9.17) is 9.47 Å². The maximum Gasteiger partial charge on any atom is 0.312 e. The van der Waals surface area contributed by atoms with Gasteiger partial charge in [0.1, 0.15) is 6.04 Å². The summed E-state index contributed by atoms with van der Waals surface area (Å²) in [5, 5.41) is 0. The number of hydrogen-bond acceptors (Lipinski definition) is 5. The second-order valence-electron chi connectivity index (χ2n) is 8.07. The van der Waals surface area contributed by atoms with Crippen LogP contribution < -0.4 is 4.90 Å². The van der Waals surface area contributed by atoms with Crippen LogP contribution >= 0.6 is 0 Å². The first kappa shape index (κ1) is 22.0. The highest BCUT2D eigenvalue weighted by Gasteiger charge is 2.60. The Morgan fingerprint density at radius 3 is 2.34 bits per heavy atom. The van der Waals surface area contributed by atoms with Crippen molar-refractivity contribution in [3.05, 3.63) is 65.7 Å². The van der Waals surface area contributed by atoms with Crippen molar-refractivity contribution in [1.82, 2.24) is 4.90 Å². The summed E-state index contributed by atoms with van der Waals surface area (Å²) in [4.78, 5) is 43.4. The van der Waals surface area contributed by atoms with E-state index in [1.165, 1.54) is 6.92 Å². The molecule has 1 fully saturated rings. The third-order valence-corrected chi connectivity index (χ3v) is 6.35. The number of likely N-dealkylation sites (tertiary alicyclic amines) is 1. The highest BCUT2D eigenvalue weighted by Crippen LogP contribution is 2.54. The van der Waals surface area contributed by atoms with Crippen LogP contribution in [0.1, 0.15) is 36.9 Å². The highest BCUT2D eigenvalue weighted by molar-refractivity contribution is 6.04. The lowest BCUT2D eigenvalue weighted by molar-refractivity contribution is -0.149. The summed E-state index contributed by atoms with van der Waals surface area (Å²) in [6, 6.07) is 15.6. The van der Waals surface area contributed by atoms with Gasteiger partial charge in [0.25, 0.3) is 5.91 Å². The fourth-order valence-electron chi connectivity index (χ4n) is 5.18. The van der Waals surface area contributed by atoms with Gasteiger partial charge < -0.3 is 19.3 Å². The van der Waals surface area contributed by atoms with E-state index in [2.05, 4.69) is 0 Å². The Kier molecular flexibility index (Phi) is 6.28. The largest absolute Gasteiger partial charge is 0.466 e. The molecule has 2 aromatic carbocycles. The monoisotopic (exact) mass is 436 g/mol. The normalized spacial score (nSPS) is 24.2. The molecule has 32 heavy (non-hydrogen) atoms. The number of amides is 2. The Hall–Kier alpha value is -3.19. The van der Waals surface area contributed by atoms with Crippen molar-refractivity contribution in [2.45, 2.75) is 31.8 Å². The molecule has 2 amide bonds. The molecule has 0 N–H and O–H groups in total. The maximum atomic E-state index is 13.8. The molecule has 0 spiro atoms. The fraction of sp³-hybridized carbons (Fsp3) is 0.400. The molecule has 1 saturated heterocycles. The van der Waals surface area contributed by atoms with E-state index in [9.17, 15) is 14.4 Å². The van der Waals surface area contributed by atoms with Crippen molar-refractivity contribution in [2.24, 2.45) is 5.92 Å². The van der Waals surface area contributed by atoms with Crippen LogP contribution in [0.5, 0.6) is 0 Å². The van der Waals surface area contributed by atoms with Gasteiger partial charge in [-0.05, 0) is 24.1 Å². The second-order valence-corrected chi connectivity index (χ2v) is 8.07. The number of ether oxygens (including phenoxy) is 2. The van der Waals surface area contributed by atoms with Crippen LogP contribution in [-0.2, 0) is 23.9 Å². The Morgan fingerprint density at radius 2 is 1.69 bits per heavy atom. The van der Waals surface area contributed by atoms with Gasteiger partial charge >= 0.3 is 5.97 Å². The van der Waals surface area contributed by atoms with Crippen molar-refractivity contribution < 1.29 is 23.9 Å². The highest BCUT2D eigenvalue weighted by atomic mass is 16.5. The van der Waals surface area contributed by atoms with E-state index in [1.54, 1.807) is 23.8 Å². The van der Waals surface area contributed by atoms with Crippen LogP contribution in [0.2, 0.25) is 0 Å². The van der Waals surface area contributed by atoms with Crippen molar-refractivity contribution in [3.8, 4) is 0 Å². The predicted octanol–water partition coefficient (Wildman–Crippen LogP) is 2.91. The van der Waals surface area contributed by atoms with Gasteiger partial charge in [0.2, 0.25) is 5.91 Å². The molecule has 0 aromatic heterocycles. The lowest BCUT2D eigenvalue weighted by atomic mass is 9.77. The summed E-state index contributed by atoms with van der Waals surface area (Å²) in [7, 11) is 1.59. The van der Waals surface area contributed by atoms with Gasteiger partial charge in [0, 0.05) is 32.2 Å². The molecule has 2 aromatic rings. The summed E-state index contributed by atoms with van der Waals surface area (Å²) in [5.41, 5.74) is 2.43. The van der Waals surface area contributed by atoms with E-state index in [0.717, 1.165) is 16.8 Å². The molecule has 0 radical (unpaired) electrons. The minimum atomic E-state index is -0.793. The van der Waals surface area contributed by atoms with Crippen LogP contribution in [0.3, 0.4) is 0 Å². The third-order valence-electron chi connectivity index (χ3n) is 6.35. The number of anilines is 1. The van der Waals surface area contributed by atoms with E-state index >= 15 is 0 Å². The minimum Gasteiger partial charge on any atom is -0.466 e. The Morgan fingerprint density at radius 1 is 1.00 bits per heavy atom. The number of fused-ring (bicyclic) bond motifs is 3. The number of carbonyl (C=O) groups is 3. The number of hydrogen-bond donors (Lipinski definition) is 0. The van der Waals surface area contributed by atoms with E-state index in [1.807, 2.05) is 54.6 Å². The number of esters is 1. The third kappa shape index (κ3) is 3.56. The molecule has 2 aliphatic rings. The first-order valence-electron chi connectivity index (χ1n) is 10.9. The summed E-state index contributed by atoms with van der Waals surface area (Å²) >= 11 is 0. The van der Waals surface area contributed by atoms with Gasteiger partial charge in [-0.3, -0.25) is 14.4 Å². The minimum absolute atomic E-state index is 0.200. The predicted molar refractivity (Wildman–Crippen MR) is 119 cm³/mol. The van der Waals surface area contributed by atoms with Crippen LogP contribution in [0.15, 0.2) is 54.6 Å². The van der Waals surface area contributed by atoms with E-state index in [-0.39, 0.29) is 18.4 Å². The van der Waals surface area contributed by atoms with Crippen LogP contribution in [-0.4, -0.2) is 55.6 Å². The maximum absolute atomic E-state index is 13.8. The molecular formula is C25H28N2O5. The zero-order valence-electron chi connectivity index (χ0n) is 18.6. The van der Waals surface area contributed by atoms with Crippen LogP contribution in [0.25, 0.3) is 0 Å². The number of benzene rings is 2. The van der Waals surface area contributed by atoms with Gasteiger partial charge in [-0.15, -0.1) is 0 Å². The zero-order chi connectivity index (χ0) is 22.8. The topological polar surface area (TPSA) is 76.2 Å². The number of rotatable bonds is 6. The SMILES string of the molecule is CCOC(=O)[C@@H]1[C@H]2c3ccccc3N(CCOC)C(=O)[C@H]2N(C(C)=O)[C@@H]1c1ccccc1. The van der Waals surface area contributed by atoms with E-state index < -0.39 is 29.9 Å². The van der Waals surface area contributed by atoms with Gasteiger partial charge in [-0.25, -0.2) is 0 Å². The number of nitrogens with zero attached hydrogens (tertiary/aromatic N) is 2. The Labute approximate surface area is 187 Å².